The Morgan fingerprint density at radius 3 is 2.56 bits per heavy atom. The molecule has 2 amide bonds. The normalized spacial score (nSPS) is 19.9. The first-order valence-electron chi connectivity index (χ1n) is 11.8. The van der Waals surface area contributed by atoms with Crippen molar-refractivity contribution in [3.63, 3.8) is 0 Å². The summed E-state index contributed by atoms with van der Waals surface area (Å²) < 4.78 is 6.02. The average molecular weight is 436 g/mol. The maximum absolute atomic E-state index is 13.1. The monoisotopic (exact) mass is 435 g/mol. The summed E-state index contributed by atoms with van der Waals surface area (Å²) in [6, 6.07) is 14.3. The van der Waals surface area contributed by atoms with Crippen molar-refractivity contribution in [3.8, 4) is 0 Å². The van der Waals surface area contributed by atoms with E-state index in [0.29, 0.717) is 26.0 Å². The van der Waals surface area contributed by atoms with Crippen LogP contribution in [0.15, 0.2) is 54.9 Å². The van der Waals surface area contributed by atoms with E-state index < -0.39 is 0 Å². The van der Waals surface area contributed by atoms with E-state index >= 15 is 0 Å². The van der Waals surface area contributed by atoms with Crippen LogP contribution in [0.1, 0.15) is 43.2 Å². The highest BCUT2D eigenvalue weighted by Gasteiger charge is 2.34. The van der Waals surface area contributed by atoms with E-state index in [1.165, 1.54) is 5.56 Å². The first-order chi connectivity index (χ1) is 15.7. The van der Waals surface area contributed by atoms with Gasteiger partial charge in [0.15, 0.2) is 0 Å². The summed E-state index contributed by atoms with van der Waals surface area (Å²) in [7, 11) is 0. The van der Waals surface area contributed by atoms with Gasteiger partial charge in [-0.15, -0.1) is 0 Å². The second-order valence-corrected chi connectivity index (χ2v) is 8.86. The number of piperidine rings is 2. The van der Waals surface area contributed by atoms with Gasteiger partial charge in [0.25, 0.3) is 0 Å². The van der Waals surface area contributed by atoms with Crippen molar-refractivity contribution >= 4 is 11.8 Å². The number of carbonyl (C=O) groups excluding carboxylic acids is 2. The summed E-state index contributed by atoms with van der Waals surface area (Å²) in [5, 5.41) is 0. The van der Waals surface area contributed by atoms with E-state index in [-0.39, 0.29) is 23.8 Å². The van der Waals surface area contributed by atoms with E-state index in [9.17, 15) is 9.59 Å². The Labute approximate surface area is 190 Å². The van der Waals surface area contributed by atoms with Crippen molar-refractivity contribution in [1.82, 2.24) is 14.8 Å². The number of carbonyl (C=O) groups is 2. The zero-order valence-electron chi connectivity index (χ0n) is 18.7. The molecule has 0 N–H and O–H groups in total. The summed E-state index contributed by atoms with van der Waals surface area (Å²) in [6.45, 7) is 3.31. The number of likely N-dealkylation sites (tertiary alicyclic amines) is 2. The third-order valence-electron chi connectivity index (χ3n) is 6.55. The van der Waals surface area contributed by atoms with Gasteiger partial charge in [-0.1, -0.05) is 36.4 Å². The number of hydrogen-bond acceptors (Lipinski definition) is 4. The van der Waals surface area contributed by atoms with Crippen LogP contribution in [0, 0.1) is 5.92 Å². The van der Waals surface area contributed by atoms with Gasteiger partial charge in [-0.2, -0.15) is 0 Å². The molecule has 0 spiro atoms. The van der Waals surface area contributed by atoms with E-state index in [0.717, 1.165) is 50.9 Å². The lowest BCUT2D eigenvalue weighted by Crippen LogP contribution is -2.49. The van der Waals surface area contributed by atoms with E-state index in [1.54, 1.807) is 6.20 Å². The molecule has 6 nitrogen and oxygen atoms in total. The molecule has 170 valence electrons. The minimum atomic E-state index is -0.0720. The Morgan fingerprint density at radius 1 is 1.03 bits per heavy atom. The number of amides is 2. The summed E-state index contributed by atoms with van der Waals surface area (Å²) in [5.74, 6) is 0.318. The van der Waals surface area contributed by atoms with Gasteiger partial charge >= 0.3 is 0 Å². The van der Waals surface area contributed by atoms with E-state index in [1.807, 2.05) is 46.3 Å². The molecule has 0 bridgehead atoms. The minimum Gasteiger partial charge on any atom is -0.373 e. The van der Waals surface area contributed by atoms with Crippen LogP contribution in [0.5, 0.6) is 0 Å². The van der Waals surface area contributed by atoms with Gasteiger partial charge < -0.3 is 14.5 Å². The van der Waals surface area contributed by atoms with Gasteiger partial charge in [-0.25, -0.2) is 0 Å². The summed E-state index contributed by atoms with van der Waals surface area (Å²) in [4.78, 5) is 33.5. The molecule has 0 radical (unpaired) electrons. The van der Waals surface area contributed by atoms with Crippen LogP contribution in [0.3, 0.4) is 0 Å². The SMILES string of the molecule is O=C1CC[C@H](C(=O)N2CCC(OCc3cccnc3)CC2)CN1CCCc1ccccc1. The number of aryl methyl sites for hydroxylation is 1. The van der Waals surface area contributed by atoms with Crippen molar-refractivity contribution < 1.29 is 14.3 Å². The second-order valence-electron chi connectivity index (χ2n) is 8.86. The fourth-order valence-corrected chi connectivity index (χ4v) is 4.65. The molecule has 0 saturated carbocycles. The number of nitrogens with zero attached hydrogens (tertiary/aromatic N) is 3. The lowest BCUT2D eigenvalue weighted by atomic mass is 9.94. The Morgan fingerprint density at radius 2 is 1.81 bits per heavy atom. The minimum absolute atomic E-state index is 0.0720. The number of ether oxygens (including phenoxy) is 1. The Balaban J connectivity index is 1.20. The number of benzene rings is 1. The highest BCUT2D eigenvalue weighted by Crippen LogP contribution is 2.23. The van der Waals surface area contributed by atoms with Crippen LogP contribution in [0.2, 0.25) is 0 Å². The quantitative estimate of drug-likeness (QED) is 0.637. The lowest BCUT2D eigenvalue weighted by Gasteiger charge is -2.37. The maximum atomic E-state index is 13.1. The molecular formula is C26H33N3O3. The molecule has 4 rings (SSSR count). The summed E-state index contributed by atoms with van der Waals surface area (Å²) >= 11 is 0. The first kappa shape index (κ1) is 22.5. The molecule has 1 aromatic carbocycles. The largest absolute Gasteiger partial charge is 0.373 e. The highest BCUT2D eigenvalue weighted by atomic mass is 16.5. The molecule has 2 aliphatic heterocycles. The molecule has 1 atom stereocenters. The van der Waals surface area contributed by atoms with Crippen LogP contribution in [-0.2, 0) is 27.4 Å². The number of pyridine rings is 1. The zero-order chi connectivity index (χ0) is 22.2. The van der Waals surface area contributed by atoms with Crippen LogP contribution >= 0.6 is 0 Å². The predicted octanol–water partition coefficient (Wildman–Crippen LogP) is 3.46. The summed E-state index contributed by atoms with van der Waals surface area (Å²) in [5.41, 5.74) is 2.36. The van der Waals surface area contributed by atoms with Gasteiger partial charge in [0, 0.05) is 45.0 Å². The molecule has 2 fully saturated rings. The molecule has 2 saturated heterocycles. The third kappa shape index (κ3) is 6.16. The fraction of sp³-hybridized carbons (Fsp3) is 0.500. The third-order valence-corrected chi connectivity index (χ3v) is 6.55. The molecule has 0 aliphatic carbocycles. The topological polar surface area (TPSA) is 62.7 Å². The van der Waals surface area contributed by atoms with Crippen LogP contribution in [0.25, 0.3) is 0 Å². The Bertz CT molecular complexity index is 866. The first-order valence-corrected chi connectivity index (χ1v) is 11.8. The smallest absolute Gasteiger partial charge is 0.227 e. The molecule has 0 unspecified atom stereocenters. The number of rotatable bonds is 8. The molecule has 6 heteroatoms. The van der Waals surface area contributed by atoms with Crippen molar-refractivity contribution in [2.75, 3.05) is 26.2 Å². The van der Waals surface area contributed by atoms with E-state index in [2.05, 4.69) is 17.1 Å². The standard InChI is InChI=1S/C26H33N3O3/c30-25-11-10-23(19-29(25)15-5-9-21-6-2-1-3-7-21)26(31)28-16-12-24(13-17-28)32-20-22-8-4-14-27-18-22/h1-4,6-8,14,18,23-24H,5,9-13,15-17,19-20H2/t23-/m0/s1. The van der Waals surface area contributed by atoms with Crippen LogP contribution in [-0.4, -0.2) is 58.9 Å². The van der Waals surface area contributed by atoms with Gasteiger partial charge in [0.1, 0.15) is 0 Å². The predicted molar refractivity (Wildman–Crippen MR) is 123 cm³/mol. The molecule has 32 heavy (non-hydrogen) atoms. The highest BCUT2D eigenvalue weighted by molar-refractivity contribution is 5.84. The van der Waals surface area contributed by atoms with Gasteiger partial charge in [-0.3, -0.25) is 14.6 Å². The van der Waals surface area contributed by atoms with E-state index in [4.69, 9.17) is 4.74 Å². The van der Waals surface area contributed by atoms with Gasteiger partial charge in [0.2, 0.25) is 11.8 Å². The van der Waals surface area contributed by atoms with Crippen LogP contribution < -0.4 is 0 Å². The second kappa shape index (κ2) is 11.2. The molecule has 2 aliphatic rings. The number of aromatic nitrogens is 1. The summed E-state index contributed by atoms with van der Waals surface area (Å²) in [6.07, 6.45) is 8.52. The Hall–Kier alpha value is -2.73. The van der Waals surface area contributed by atoms with Crippen molar-refractivity contribution in [2.45, 2.75) is 51.2 Å². The lowest BCUT2D eigenvalue weighted by molar-refractivity contribution is -0.144. The van der Waals surface area contributed by atoms with Gasteiger partial charge in [-0.05, 0) is 49.3 Å². The van der Waals surface area contributed by atoms with Crippen molar-refractivity contribution in [2.24, 2.45) is 5.92 Å². The van der Waals surface area contributed by atoms with Crippen LogP contribution in [0.4, 0.5) is 0 Å². The van der Waals surface area contributed by atoms with Gasteiger partial charge in [0.05, 0.1) is 18.6 Å². The van der Waals surface area contributed by atoms with Crippen molar-refractivity contribution in [3.05, 3.63) is 66.0 Å². The molecular weight excluding hydrogens is 402 g/mol. The molecule has 3 heterocycles. The maximum Gasteiger partial charge on any atom is 0.227 e. The zero-order valence-corrected chi connectivity index (χ0v) is 18.7. The van der Waals surface area contributed by atoms with Crippen molar-refractivity contribution in [1.29, 1.82) is 0 Å². The Kier molecular flexibility index (Phi) is 7.88. The average Bonchev–Trinajstić information content (AvgIpc) is 2.85. The molecule has 1 aromatic heterocycles. The molecule has 2 aromatic rings. The fourth-order valence-electron chi connectivity index (χ4n) is 4.65. The number of hydrogen-bond donors (Lipinski definition) is 0.